The SMILES string of the molecule is CN1CCc2c(C#N)c(N3CCC(Cc4ccccc4)CC3)n3cnnc3c2C1. The Hall–Kier alpha value is -2.91. The first kappa shape index (κ1) is 18.1. The molecular formula is C23H26N6. The molecule has 0 aliphatic carbocycles. The van der Waals surface area contributed by atoms with E-state index in [2.05, 4.69) is 63.4 Å². The molecule has 0 radical (unpaired) electrons. The van der Waals surface area contributed by atoms with Gasteiger partial charge in [0.2, 0.25) is 0 Å². The van der Waals surface area contributed by atoms with E-state index in [4.69, 9.17) is 0 Å². The Labute approximate surface area is 171 Å². The summed E-state index contributed by atoms with van der Waals surface area (Å²) in [7, 11) is 2.12. The lowest BCUT2D eigenvalue weighted by atomic mass is 9.89. The molecule has 4 heterocycles. The van der Waals surface area contributed by atoms with Crippen molar-refractivity contribution >= 4 is 11.5 Å². The molecule has 2 aliphatic heterocycles. The van der Waals surface area contributed by atoms with Crippen molar-refractivity contribution < 1.29 is 0 Å². The highest BCUT2D eigenvalue weighted by Gasteiger charge is 2.29. The van der Waals surface area contributed by atoms with Crippen LogP contribution in [0.3, 0.4) is 0 Å². The lowest BCUT2D eigenvalue weighted by molar-refractivity contribution is 0.313. The highest BCUT2D eigenvalue weighted by atomic mass is 15.3. The average molecular weight is 387 g/mol. The lowest BCUT2D eigenvalue weighted by Gasteiger charge is -2.36. The summed E-state index contributed by atoms with van der Waals surface area (Å²) in [6.45, 7) is 3.74. The molecule has 0 amide bonds. The number of aromatic nitrogens is 3. The highest BCUT2D eigenvalue weighted by Crippen LogP contribution is 2.34. The first-order valence-corrected chi connectivity index (χ1v) is 10.5. The van der Waals surface area contributed by atoms with Gasteiger partial charge < -0.3 is 9.80 Å². The van der Waals surface area contributed by atoms with E-state index >= 15 is 0 Å². The fourth-order valence-electron chi connectivity index (χ4n) is 4.95. The average Bonchev–Trinajstić information content (AvgIpc) is 3.24. The summed E-state index contributed by atoms with van der Waals surface area (Å²) in [6, 6.07) is 13.3. The van der Waals surface area contributed by atoms with Crippen LogP contribution >= 0.6 is 0 Å². The van der Waals surface area contributed by atoms with Crippen LogP contribution in [0.1, 0.15) is 35.1 Å². The third kappa shape index (κ3) is 3.26. The zero-order valence-corrected chi connectivity index (χ0v) is 16.9. The normalized spacial score (nSPS) is 18.0. The summed E-state index contributed by atoms with van der Waals surface area (Å²) >= 11 is 0. The van der Waals surface area contributed by atoms with Gasteiger partial charge in [-0.05, 0) is 49.8 Å². The Morgan fingerprint density at radius 1 is 1.10 bits per heavy atom. The van der Waals surface area contributed by atoms with E-state index in [-0.39, 0.29) is 0 Å². The molecule has 0 saturated carbocycles. The van der Waals surface area contributed by atoms with Gasteiger partial charge in [-0.25, -0.2) is 0 Å². The van der Waals surface area contributed by atoms with Crippen molar-refractivity contribution in [3.05, 3.63) is 58.9 Å². The fraction of sp³-hybridized carbons (Fsp3) is 0.435. The molecule has 0 unspecified atom stereocenters. The van der Waals surface area contributed by atoms with Gasteiger partial charge >= 0.3 is 0 Å². The predicted octanol–water partition coefficient (Wildman–Crippen LogP) is 3.05. The molecule has 0 atom stereocenters. The van der Waals surface area contributed by atoms with Crippen LogP contribution in [0.2, 0.25) is 0 Å². The minimum Gasteiger partial charge on any atom is -0.357 e. The van der Waals surface area contributed by atoms with E-state index in [9.17, 15) is 5.26 Å². The maximum Gasteiger partial charge on any atom is 0.167 e. The van der Waals surface area contributed by atoms with Gasteiger partial charge in [0.25, 0.3) is 0 Å². The molecule has 2 aliphatic rings. The zero-order valence-electron chi connectivity index (χ0n) is 16.9. The smallest absolute Gasteiger partial charge is 0.167 e. The number of benzene rings is 1. The first-order chi connectivity index (χ1) is 14.2. The van der Waals surface area contributed by atoms with Crippen LogP contribution < -0.4 is 4.90 Å². The molecule has 29 heavy (non-hydrogen) atoms. The molecule has 5 rings (SSSR count). The van der Waals surface area contributed by atoms with Gasteiger partial charge in [-0.2, -0.15) is 5.26 Å². The van der Waals surface area contributed by atoms with Crippen LogP contribution in [0.5, 0.6) is 0 Å². The maximum absolute atomic E-state index is 10.1. The van der Waals surface area contributed by atoms with E-state index in [1.165, 1.54) is 11.1 Å². The minimum atomic E-state index is 0.696. The van der Waals surface area contributed by atoms with E-state index in [1.54, 1.807) is 6.33 Å². The second-order valence-electron chi connectivity index (χ2n) is 8.40. The zero-order chi connectivity index (χ0) is 19.8. The Bertz CT molecular complexity index is 1060. The molecule has 0 bridgehead atoms. The largest absolute Gasteiger partial charge is 0.357 e. The summed E-state index contributed by atoms with van der Waals surface area (Å²) in [6.07, 6.45) is 6.09. The number of piperidine rings is 1. The van der Waals surface area contributed by atoms with Crippen LogP contribution in [0, 0.1) is 17.2 Å². The van der Waals surface area contributed by atoms with Gasteiger partial charge in [-0.15, -0.1) is 10.2 Å². The third-order valence-corrected chi connectivity index (χ3v) is 6.50. The van der Waals surface area contributed by atoms with E-state index in [0.717, 1.165) is 74.5 Å². The van der Waals surface area contributed by atoms with Crippen molar-refractivity contribution in [2.24, 2.45) is 5.92 Å². The number of hydrogen-bond donors (Lipinski definition) is 0. The maximum atomic E-state index is 10.1. The number of rotatable bonds is 3. The molecule has 6 heteroatoms. The number of nitriles is 1. The van der Waals surface area contributed by atoms with Crippen LogP contribution in [0.25, 0.3) is 5.65 Å². The standard InChI is InChI=1S/C23H26N6/c1-27-10-9-19-20(14-24)23(29-16-25-26-22(29)21(19)15-27)28-11-7-18(8-12-28)13-17-5-3-2-4-6-17/h2-6,16,18H,7-13,15H2,1H3. The number of fused-ring (bicyclic) bond motifs is 3. The number of anilines is 1. The van der Waals surface area contributed by atoms with Gasteiger partial charge in [0, 0.05) is 31.7 Å². The van der Waals surface area contributed by atoms with Gasteiger partial charge in [-0.1, -0.05) is 30.3 Å². The summed E-state index contributed by atoms with van der Waals surface area (Å²) in [5.74, 6) is 1.69. The molecule has 2 aromatic heterocycles. The van der Waals surface area contributed by atoms with Crippen molar-refractivity contribution in [3.8, 4) is 6.07 Å². The number of hydrogen-bond acceptors (Lipinski definition) is 5. The highest BCUT2D eigenvalue weighted by molar-refractivity contribution is 5.69. The monoisotopic (exact) mass is 386 g/mol. The van der Waals surface area contributed by atoms with Gasteiger partial charge in [-0.3, -0.25) is 4.40 Å². The molecule has 0 spiro atoms. The van der Waals surface area contributed by atoms with Crippen molar-refractivity contribution in [1.29, 1.82) is 5.26 Å². The van der Waals surface area contributed by atoms with Gasteiger partial charge in [0.05, 0.1) is 5.56 Å². The molecule has 6 nitrogen and oxygen atoms in total. The lowest BCUT2D eigenvalue weighted by Crippen LogP contribution is -2.37. The number of pyridine rings is 1. The molecule has 3 aromatic rings. The second kappa shape index (κ2) is 7.49. The van der Waals surface area contributed by atoms with Crippen molar-refractivity contribution in [2.45, 2.75) is 32.2 Å². The summed E-state index contributed by atoms with van der Waals surface area (Å²) < 4.78 is 2.05. The quantitative estimate of drug-likeness (QED) is 0.692. The van der Waals surface area contributed by atoms with Crippen molar-refractivity contribution in [1.82, 2.24) is 19.5 Å². The summed E-state index contributed by atoms with van der Waals surface area (Å²) in [5.41, 5.74) is 5.49. The number of nitrogens with zero attached hydrogens (tertiary/aromatic N) is 6. The molecule has 0 N–H and O–H groups in total. The first-order valence-electron chi connectivity index (χ1n) is 10.5. The molecule has 1 aromatic carbocycles. The van der Waals surface area contributed by atoms with Crippen molar-refractivity contribution in [2.75, 3.05) is 31.6 Å². The van der Waals surface area contributed by atoms with E-state index in [1.807, 2.05) is 4.40 Å². The Balaban J connectivity index is 1.45. The molecule has 1 fully saturated rings. The van der Waals surface area contributed by atoms with E-state index < -0.39 is 0 Å². The van der Waals surface area contributed by atoms with Crippen LogP contribution in [0.15, 0.2) is 36.7 Å². The van der Waals surface area contributed by atoms with Crippen molar-refractivity contribution in [3.63, 3.8) is 0 Å². The summed E-state index contributed by atoms with van der Waals surface area (Å²) in [5, 5.41) is 18.7. The third-order valence-electron chi connectivity index (χ3n) is 6.50. The Morgan fingerprint density at radius 2 is 1.90 bits per heavy atom. The van der Waals surface area contributed by atoms with Gasteiger partial charge in [0.15, 0.2) is 5.65 Å². The predicted molar refractivity (Wildman–Crippen MR) is 113 cm³/mol. The van der Waals surface area contributed by atoms with Crippen LogP contribution in [0.4, 0.5) is 5.82 Å². The number of likely N-dealkylation sites (N-methyl/N-ethyl adjacent to an activating group) is 1. The fourth-order valence-corrected chi connectivity index (χ4v) is 4.95. The second-order valence-corrected chi connectivity index (χ2v) is 8.40. The minimum absolute atomic E-state index is 0.696. The molecule has 148 valence electrons. The van der Waals surface area contributed by atoms with Crippen LogP contribution in [-0.4, -0.2) is 46.2 Å². The van der Waals surface area contributed by atoms with Gasteiger partial charge in [0.1, 0.15) is 18.2 Å². The van der Waals surface area contributed by atoms with Crippen LogP contribution in [-0.2, 0) is 19.4 Å². The summed E-state index contributed by atoms with van der Waals surface area (Å²) in [4.78, 5) is 4.67. The topological polar surface area (TPSA) is 60.5 Å². The molecule has 1 saturated heterocycles. The van der Waals surface area contributed by atoms with E-state index in [0.29, 0.717) is 5.92 Å². The molecular weight excluding hydrogens is 360 g/mol. The Kier molecular flexibility index (Phi) is 4.69. The Morgan fingerprint density at radius 3 is 2.66 bits per heavy atom.